The lowest BCUT2D eigenvalue weighted by Gasteiger charge is -2.23. The highest BCUT2D eigenvalue weighted by atomic mass is 19.3. The Morgan fingerprint density at radius 3 is 2.52 bits per heavy atom. The van der Waals surface area contributed by atoms with Crippen molar-refractivity contribution in [3.63, 3.8) is 0 Å². The summed E-state index contributed by atoms with van der Waals surface area (Å²) in [4.78, 5) is 14.0. The second kappa shape index (κ2) is 7.47. The molecule has 1 aromatic rings. The maximum Gasteiger partial charge on any atom is 0.261 e. The molecule has 0 radical (unpaired) electrons. The van der Waals surface area contributed by atoms with E-state index in [1.807, 2.05) is 24.3 Å². The number of carbonyl (C=O) groups excluding carboxylic acids is 1. The summed E-state index contributed by atoms with van der Waals surface area (Å²) < 4.78 is 28.7. The standard InChI is InChI=1S/C15H20F2N2O2/c16-14(17)10-21-8-7-15(20)19(13-5-6-13)12-3-1-11(9-18)2-4-12/h1-4,13-14H,5-10,18H2. The van der Waals surface area contributed by atoms with Crippen LogP contribution < -0.4 is 10.6 Å². The fourth-order valence-corrected chi connectivity index (χ4v) is 2.14. The number of carbonyl (C=O) groups is 1. The zero-order valence-electron chi connectivity index (χ0n) is 11.8. The van der Waals surface area contributed by atoms with Gasteiger partial charge in [-0.1, -0.05) is 12.1 Å². The molecular weight excluding hydrogens is 278 g/mol. The first-order chi connectivity index (χ1) is 10.1. The number of nitrogens with two attached hydrogens (primary N) is 1. The summed E-state index contributed by atoms with van der Waals surface area (Å²) in [6.07, 6.45) is -0.435. The number of hydrogen-bond acceptors (Lipinski definition) is 3. The number of alkyl halides is 2. The van der Waals surface area contributed by atoms with Crippen molar-refractivity contribution >= 4 is 11.6 Å². The predicted molar refractivity (Wildman–Crippen MR) is 76.3 cm³/mol. The summed E-state index contributed by atoms with van der Waals surface area (Å²) in [7, 11) is 0. The second-order valence-electron chi connectivity index (χ2n) is 5.08. The van der Waals surface area contributed by atoms with E-state index < -0.39 is 13.0 Å². The number of hydrogen-bond donors (Lipinski definition) is 1. The zero-order chi connectivity index (χ0) is 15.2. The molecule has 0 spiro atoms. The number of ether oxygens (including phenoxy) is 1. The fraction of sp³-hybridized carbons (Fsp3) is 0.533. The number of benzene rings is 1. The van der Waals surface area contributed by atoms with E-state index >= 15 is 0 Å². The predicted octanol–water partition coefficient (Wildman–Crippen LogP) is 2.31. The summed E-state index contributed by atoms with van der Waals surface area (Å²) in [5, 5.41) is 0. The minimum Gasteiger partial charge on any atom is -0.375 e. The molecule has 0 atom stereocenters. The molecule has 0 heterocycles. The van der Waals surface area contributed by atoms with Crippen LogP contribution in [0.2, 0.25) is 0 Å². The van der Waals surface area contributed by atoms with Gasteiger partial charge in [0.15, 0.2) is 0 Å². The summed E-state index contributed by atoms with van der Waals surface area (Å²) >= 11 is 0. The van der Waals surface area contributed by atoms with Gasteiger partial charge < -0.3 is 15.4 Å². The Kier molecular flexibility index (Phi) is 5.64. The molecule has 21 heavy (non-hydrogen) atoms. The van der Waals surface area contributed by atoms with Crippen molar-refractivity contribution in [2.24, 2.45) is 5.73 Å². The minimum absolute atomic E-state index is 0.0211. The van der Waals surface area contributed by atoms with Gasteiger partial charge in [0.05, 0.1) is 13.0 Å². The second-order valence-corrected chi connectivity index (χ2v) is 5.08. The van der Waals surface area contributed by atoms with E-state index in [-0.39, 0.29) is 25.0 Å². The molecule has 1 aromatic carbocycles. The third-order valence-corrected chi connectivity index (χ3v) is 3.34. The first kappa shape index (κ1) is 15.9. The van der Waals surface area contributed by atoms with Gasteiger partial charge >= 0.3 is 0 Å². The van der Waals surface area contributed by atoms with E-state index in [2.05, 4.69) is 0 Å². The van der Waals surface area contributed by atoms with Crippen molar-refractivity contribution < 1.29 is 18.3 Å². The van der Waals surface area contributed by atoms with Crippen LogP contribution in [0.5, 0.6) is 0 Å². The maximum absolute atomic E-state index is 12.3. The van der Waals surface area contributed by atoms with E-state index in [0.29, 0.717) is 6.54 Å². The molecule has 1 aliphatic rings. The van der Waals surface area contributed by atoms with Crippen LogP contribution in [0, 0.1) is 0 Å². The maximum atomic E-state index is 12.3. The van der Waals surface area contributed by atoms with Crippen LogP contribution in [0.25, 0.3) is 0 Å². The van der Waals surface area contributed by atoms with Gasteiger partial charge in [0.25, 0.3) is 6.43 Å². The quantitative estimate of drug-likeness (QED) is 0.749. The van der Waals surface area contributed by atoms with Crippen molar-refractivity contribution in [2.75, 3.05) is 18.1 Å². The van der Waals surface area contributed by atoms with Crippen molar-refractivity contribution in [1.29, 1.82) is 0 Å². The SMILES string of the molecule is NCc1ccc(N(C(=O)CCOCC(F)F)C2CC2)cc1. The van der Waals surface area contributed by atoms with Gasteiger partial charge in [0.2, 0.25) is 5.91 Å². The van der Waals surface area contributed by atoms with Gasteiger partial charge in [-0.3, -0.25) is 4.79 Å². The number of nitrogens with zero attached hydrogens (tertiary/aromatic N) is 1. The van der Waals surface area contributed by atoms with E-state index in [9.17, 15) is 13.6 Å². The van der Waals surface area contributed by atoms with E-state index in [1.54, 1.807) is 4.90 Å². The van der Waals surface area contributed by atoms with Gasteiger partial charge in [0, 0.05) is 18.3 Å². The van der Waals surface area contributed by atoms with Crippen molar-refractivity contribution in [1.82, 2.24) is 0 Å². The molecule has 0 saturated heterocycles. The Hall–Kier alpha value is -1.53. The summed E-state index contributed by atoms with van der Waals surface area (Å²) in [5.41, 5.74) is 7.38. The van der Waals surface area contributed by atoms with Crippen molar-refractivity contribution in [2.45, 2.75) is 38.3 Å². The molecule has 0 aliphatic heterocycles. The zero-order valence-corrected chi connectivity index (χ0v) is 11.8. The van der Waals surface area contributed by atoms with Crippen LogP contribution in [0.15, 0.2) is 24.3 Å². The molecule has 1 saturated carbocycles. The molecule has 2 rings (SSSR count). The summed E-state index contributed by atoms with van der Waals surface area (Å²) in [6.45, 7) is -0.145. The van der Waals surface area contributed by atoms with Crippen LogP contribution >= 0.6 is 0 Å². The first-order valence-electron chi connectivity index (χ1n) is 7.08. The van der Waals surface area contributed by atoms with Crippen LogP contribution in [0.4, 0.5) is 14.5 Å². The number of amides is 1. The number of halogens is 2. The largest absolute Gasteiger partial charge is 0.375 e. The average Bonchev–Trinajstić information content (AvgIpc) is 3.29. The van der Waals surface area contributed by atoms with Gasteiger partial charge in [-0.15, -0.1) is 0 Å². The van der Waals surface area contributed by atoms with E-state index in [0.717, 1.165) is 24.1 Å². The molecule has 0 unspecified atom stereocenters. The van der Waals surface area contributed by atoms with Crippen LogP contribution in [-0.2, 0) is 16.1 Å². The average molecular weight is 298 g/mol. The third kappa shape index (κ3) is 4.75. The lowest BCUT2D eigenvalue weighted by molar-refractivity contribution is -0.120. The molecule has 4 nitrogen and oxygen atoms in total. The highest BCUT2D eigenvalue weighted by molar-refractivity contribution is 5.94. The smallest absolute Gasteiger partial charge is 0.261 e. The number of rotatable bonds is 8. The van der Waals surface area contributed by atoms with Crippen molar-refractivity contribution in [3.05, 3.63) is 29.8 Å². The molecule has 6 heteroatoms. The molecule has 116 valence electrons. The van der Waals surface area contributed by atoms with Gasteiger partial charge in [-0.2, -0.15) is 0 Å². The lowest BCUT2D eigenvalue weighted by atomic mass is 10.2. The fourth-order valence-electron chi connectivity index (χ4n) is 2.14. The summed E-state index contributed by atoms with van der Waals surface area (Å²) in [6, 6.07) is 7.75. The Balaban J connectivity index is 1.93. The lowest BCUT2D eigenvalue weighted by Crippen LogP contribution is -2.33. The Morgan fingerprint density at radius 2 is 2.00 bits per heavy atom. The Morgan fingerprint density at radius 1 is 1.33 bits per heavy atom. The monoisotopic (exact) mass is 298 g/mol. The number of anilines is 1. The highest BCUT2D eigenvalue weighted by Crippen LogP contribution is 2.32. The van der Waals surface area contributed by atoms with Crippen LogP contribution in [0.3, 0.4) is 0 Å². The third-order valence-electron chi connectivity index (χ3n) is 3.34. The minimum atomic E-state index is -2.50. The topological polar surface area (TPSA) is 55.6 Å². The Bertz CT molecular complexity index is 461. The molecule has 0 aromatic heterocycles. The molecular formula is C15H20F2N2O2. The highest BCUT2D eigenvalue weighted by Gasteiger charge is 2.33. The first-order valence-corrected chi connectivity index (χ1v) is 7.08. The van der Waals surface area contributed by atoms with Gasteiger partial charge in [-0.25, -0.2) is 8.78 Å². The van der Waals surface area contributed by atoms with Crippen LogP contribution in [0.1, 0.15) is 24.8 Å². The Labute approximate surface area is 122 Å². The van der Waals surface area contributed by atoms with Gasteiger partial charge in [-0.05, 0) is 30.5 Å². The van der Waals surface area contributed by atoms with E-state index in [4.69, 9.17) is 10.5 Å². The molecule has 0 bridgehead atoms. The molecule has 2 N–H and O–H groups in total. The van der Waals surface area contributed by atoms with Gasteiger partial charge in [0.1, 0.15) is 6.61 Å². The normalized spacial score (nSPS) is 14.5. The summed E-state index contributed by atoms with van der Waals surface area (Å²) in [5.74, 6) is -0.0905. The van der Waals surface area contributed by atoms with E-state index in [1.165, 1.54) is 0 Å². The molecule has 1 aliphatic carbocycles. The molecule has 1 fully saturated rings. The molecule has 1 amide bonds. The van der Waals surface area contributed by atoms with Crippen molar-refractivity contribution in [3.8, 4) is 0 Å². The van der Waals surface area contributed by atoms with Crippen LogP contribution in [-0.4, -0.2) is 31.6 Å².